The van der Waals surface area contributed by atoms with Crippen LogP contribution in [0.5, 0.6) is 11.5 Å². The molecule has 1 amide bonds. The number of likely N-dealkylation sites (tertiary alicyclic amines) is 1. The van der Waals surface area contributed by atoms with Crippen LogP contribution in [-0.4, -0.2) is 54.9 Å². The van der Waals surface area contributed by atoms with Gasteiger partial charge in [0.15, 0.2) is 0 Å². The number of ether oxygens (including phenoxy) is 2. The minimum atomic E-state index is -0.934. The maximum Gasteiger partial charge on any atom is 0.234 e. The monoisotopic (exact) mass is 452 g/mol. The van der Waals surface area contributed by atoms with Gasteiger partial charge in [0.25, 0.3) is 0 Å². The highest BCUT2D eigenvalue weighted by molar-refractivity contribution is 6.42. The number of nitrogens with one attached hydrogen (secondary N) is 1. The first-order valence-electron chi connectivity index (χ1n) is 9.80. The Morgan fingerprint density at radius 2 is 1.90 bits per heavy atom. The molecule has 8 heteroatoms. The molecule has 0 saturated carbocycles. The highest BCUT2D eigenvalue weighted by atomic mass is 35.5. The van der Waals surface area contributed by atoms with E-state index in [0.717, 1.165) is 11.3 Å². The van der Waals surface area contributed by atoms with Gasteiger partial charge in [-0.05, 0) is 31.0 Å². The van der Waals surface area contributed by atoms with Crippen LogP contribution < -0.4 is 14.8 Å². The standard InChI is InChI=1S/C22H26Cl2N2O4/c1-29-20-5-3-2-4-16(20)13-25-21(27)14-26-10-8-22(28,9-11-26)15-30-17-6-7-18(23)19(24)12-17/h2-7,12,28H,8-11,13-15H2,1H3,(H,25,27). The minimum absolute atomic E-state index is 0.0570. The molecule has 30 heavy (non-hydrogen) atoms. The number of amides is 1. The number of aliphatic hydroxyl groups is 1. The Morgan fingerprint density at radius 1 is 1.17 bits per heavy atom. The van der Waals surface area contributed by atoms with E-state index in [1.54, 1.807) is 25.3 Å². The first-order chi connectivity index (χ1) is 14.4. The SMILES string of the molecule is COc1ccccc1CNC(=O)CN1CCC(O)(COc2ccc(Cl)c(Cl)c2)CC1. The molecular weight excluding hydrogens is 427 g/mol. The lowest BCUT2D eigenvalue weighted by Gasteiger charge is -2.37. The predicted octanol–water partition coefficient (Wildman–Crippen LogP) is 3.52. The summed E-state index contributed by atoms with van der Waals surface area (Å²) in [6.07, 6.45) is 1.04. The highest BCUT2D eigenvalue weighted by Gasteiger charge is 2.33. The van der Waals surface area contributed by atoms with Crippen molar-refractivity contribution < 1.29 is 19.4 Å². The van der Waals surface area contributed by atoms with Crippen molar-refractivity contribution in [1.82, 2.24) is 10.2 Å². The molecule has 162 valence electrons. The molecule has 2 aromatic rings. The van der Waals surface area contributed by atoms with Gasteiger partial charge in [0, 0.05) is 31.3 Å². The second-order valence-corrected chi connectivity index (χ2v) is 8.27. The zero-order valence-electron chi connectivity index (χ0n) is 16.9. The third kappa shape index (κ3) is 6.25. The van der Waals surface area contributed by atoms with Crippen molar-refractivity contribution >= 4 is 29.1 Å². The molecule has 0 unspecified atom stereocenters. The number of halogens is 2. The quantitative estimate of drug-likeness (QED) is 0.640. The number of hydrogen-bond acceptors (Lipinski definition) is 5. The largest absolute Gasteiger partial charge is 0.496 e. The van der Waals surface area contributed by atoms with Gasteiger partial charge in [-0.1, -0.05) is 41.4 Å². The number of benzene rings is 2. The van der Waals surface area contributed by atoms with E-state index in [9.17, 15) is 9.90 Å². The van der Waals surface area contributed by atoms with Crippen molar-refractivity contribution in [3.8, 4) is 11.5 Å². The number of carbonyl (C=O) groups is 1. The van der Waals surface area contributed by atoms with Gasteiger partial charge < -0.3 is 19.9 Å². The summed E-state index contributed by atoms with van der Waals surface area (Å²) in [7, 11) is 1.61. The number of para-hydroxylation sites is 1. The molecule has 0 radical (unpaired) electrons. The fourth-order valence-corrected chi connectivity index (χ4v) is 3.65. The number of carbonyl (C=O) groups excluding carboxylic acids is 1. The minimum Gasteiger partial charge on any atom is -0.496 e. The van der Waals surface area contributed by atoms with Gasteiger partial charge in [-0.2, -0.15) is 0 Å². The molecule has 1 aliphatic heterocycles. The first-order valence-corrected chi connectivity index (χ1v) is 10.6. The Hall–Kier alpha value is -1.99. The lowest BCUT2D eigenvalue weighted by Crippen LogP contribution is -2.50. The Balaban J connectivity index is 1.42. The van der Waals surface area contributed by atoms with Gasteiger partial charge in [-0.3, -0.25) is 9.69 Å². The normalized spacial score (nSPS) is 16.1. The van der Waals surface area contributed by atoms with Crippen LogP contribution in [0.25, 0.3) is 0 Å². The predicted molar refractivity (Wildman–Crippen MR) is 117 cm³/mol. The van der Waals surface area contributed by atoms with E-state index in [0.29, 0.717) is 54.8 Å². The van der Waals surface area contributed by atoms with Gasteiger partial charge in [0.1, 0.15) is 23.7 Å². The summed E-state index contributed by atoms with van der Waals surface area (Å²) < 4.78 is 11.0. The van der Waals surface area contributed by atoms with Crippen LogP contribution in [0.4, 0.5) is 0 Å². The zero-order chi connectivity index (χ0) is 21.6. The van der Waals surface area contributed by atoms with Crippen molar-refractivity contribution in [3.05, 3.63) is 58.1 Å². The Morgan fingerprint density at radius 3 is 2.60 bits per heavy atom. The van der Waals surface area contributed by atoms with Crippen LogP contribution in [0.3, 0.4) is 0 Å². The summed E-state index contributed by atoms with van der Waals surface area (Å²) in [5, 5.41) is 14.6. The van der Waals surface area contributed by atoms with Crippen molar-refractivity contribution in [2.24, 2.45) is 0 Å². The number of methoxy groups -OCH3 is 1. The third-order valence-corrected chi connectivity index (χ3v) is 5.96. The third-order valence-electron chi connectivity index (χ3n) is 5.22. The lowest BCUT2D eigenvalue weighted by molar-refractivity contribution is -0.124. The Bertz CT molecular complexity index is 870. The summed E-state index contributed by atoms with van der Waals surface area (Å²) in [5.74, 6) is 1.26. The van der Waals surface area contributed by atoms with Crippen molar-refractivity contribution in [2.45, 2.75) is 25.0 Å². The van der Waals surface area contributed by atoms with Gasteiger partial charge in [0.05, 0.1) is 23.7 Å². The van der Waals surface area contributed by atoms with Gasteiger partial charge >= 0.3 is 0 Å². The molecular formula is C22H26Cl2N2O4. The topological polar surface area (TPSA) is 71.0 Å². The van der Waals surface area contributed by atoms with Crippen LogP contribution in [0.15, 0.2) is 42.5 Å². The van der Waals surface area contributed by atoms with E-state index in [1.165, 1.54) is 0 Å². The number of hydrogen-bond donors (Lipinski definition) is 2. The Labute approximate surface area is 186 Å². The van der Waals surface area contributed by atoms with E-state index in [1.807, 2.05) is 29.2 Å². The lowest BCUT2D eigenvalue weighted by atomic mass is 9.92. The molecule has 3 rings (SSSR count). The second kappa shape index (κ2) is 10.4. The van der Waals surface area contributed by atoms with Crippen molar-refractivity contribution in [3.63, 3.8) is 0 Å². The summed E-state index contributed by atoms with van der Waals surface area (Å²) in [6, 6.07) is 12.6. The van der Waals surface area contributed by atoms with Crippen molar-refractivity contribution in [2.75, 3.05) is 33.4 Å². The van der Waals surface area contributed by atoms with Crippen LogP contribution in [0, 0.1) is 0 Å². The molecule has 0 spiro atoms. The summed E-state index contributed by atoms with van der Waals surface area (Å²) in [4.78, 5) is 14.3. The van der Waals surface area contributed by atoms with E-state index in [-0.39, 0.29) is 12.5 Å². The summed E-state index contributed by atoms with van der Waals surface area (Å²) >= 11 is 11.9. The van der Waals surface area contributed by atoms with Gasteiger partial charge in [0.2, 0.25) is 5.91 Å². The van der Waals surface area contributed by atoms with Crippen molar-refractivity contribution in [1.29, 1.82) is 0 Å². The van der Waals surface area contributed by atoms with E-state index < -0.39 is 5.60 Å². The number of nitrogens with zero attached hydrogens (tertiary/aromatic N) is 1. The molecule has 0 aliphatic carbocycles. The van der Waals surface area contributed by atoms with E-state index in [2.05, 4.69) is 5.32 Å². The van der Waals surface area contributed by atoms with Crippen LogP contribution >= 0.6 is 23.2 Å². The van der Waals surface area contributed by atoms with E-state index in [4.69, 9.17) is 32.7 Å². The number of rotatable bonds is 8. The van der Waals surface area contributed by atoms with E-state index >= 15 is 0 Å². The smallest absolute Gasteiger partial charge is 0.234 e. The molecule has 0 aromatic heterocycles. The number of piperidine rings is 1. The average molecular weight is 453 g/mol. The van der Waals surface area contributed by atoms with Crippen LogP contribution in [-0.2, 0) is 11.3 Å². The molecule has 1 aliphatic rings. The fourth-order valence-electron chi connectivity index (χ4n) is 3.36. The second-order valence-electron chi connectivity index (χ2n) is 7.45. The zero-order valence-corrected chi connectivity index (χ0v) is 18.4. The summed E-state index contributed by atoms with van der Waals surface area (Å²) in [6.45, 7) is 2.10. The molecule has 2 N–H and O–H groups in total. The maximum atomic E-state index is 12.3. The Kier molecular flexibility index (Phi) is 7.83. The average Bonchev–Trinajstić information content (AvgIpc) is 2.75. The highest BCUT2D eigenvalue weighted by Crippen LogP contribution is 2.28. The van der Waals surface area contributed by atoms with Gasteiger partial charge in [-0.15, -0.1) is 0 Å². The fraction of sp³-hybridized carbons (Fsp3) is 0.409. The van der Waals surface area contributed by atoms with Crippen LogP contribution in [0.2, 0.25) is 10.0 Å². The summed E-state index contributed by atoms with van der Waals surface area (Å²) in [5.41, 5.74) is -0.00272. The molecule has 6 nitrogen and oxygen atoms in total. The molecule has 0 atom stereocenters. The first kappa shape index (κ1) is 22.7. The molecule has 1 saturated heterocycles. The maximum absolute atomic E-state index is 12.3. The van der Waals surface area contributed by atoms with Gasteiger partial charge in [-0.25, -0.2) is 0 Å². The molecule has 1 fully saturated rings. The van der Waals surface area contributed by atoms with Crippen LogP contribution in [0.1, 0.15) is 18.4 Å². The molecule has 1 heterocycles. The molecule has 0 bridgehead atoms. The molecule has 2 aromatic carbocycles.